The van der Waals surface area contributed by atoms with E-state index in [1.165, 1.54) is 12.1 Å². The standard InChI is InChI=1S/C19H19FN4O/c1-13-11-18(23-16-5-3-4-6-17(16)25-2)24-19(22-13)21-12-14-7-9-15(20)10-8-14/h3-11H,12H2,1-2H3,(H2,21,22,23,24). The van der Waals surface area contributed by atoms with Crippen LogP contribution >= 0.6 is 0 Å². The third kappa shape index (κ3) is 4.44. The highest BCUT2D eigenvalue weighted by atomic mass is 19.1. The Bertz CT molecular complexity index is 852. The molecule has 25 heavy (non-hydrogen) atoms. The summed E-state index contributed by atoms with van der Waals surface area (Å²) >= 11 is 0. The molecule has 3 aromatic rings. The predicted molar refractivity (Wildman–Crippen MR) is 96.8 cm³/mol. The highest BCUT2D eigenvalue weighted by Gasteiger charge is 2.06. The van der Waals surface area contributed by atoms with E-state index in [1.807, 2.05) is 37.3 Å². The lowest BCUT2D eigenvalue weighted by Gasteiger charge is -2.12. The lowest BCUT2D eigenvalue weighted by molar-refractivity contribution is 0.417. The minimum Gasteiger partial charge on any atom is -0.495 e. The largest absolute Gasteiger partial charge is 0.495 e. The van der Waals surface area contributed by atoms with Gasteiger partial charge in [-0.25, -0.2) is 9.37 Å². The van der Waals surface area contributed by atoms with E-state index in [9.17, 15) is 4.39 Å². The number of aryl methyl sites for hydroxylation is 1. The number of nitrogens with one attached hydrogen (secondary N) is 2. The molecule has 0 aliphatic heterocycles. The number of ether oxygens (including phenoxy) is 1. The summed E-state index contributed by atoms with van der Waals surface area (Å²) < 4.78 is 18.3. The van der Waals surface area contributed by atoms with E-state index in [1.54, 1.807) is 19.2 Å². The quantitative estimate of drug-likeness (QED) is 0.702. The maximum atomic E-state index is 13.0. The molecule has 0 unspecified atom stereocenters. The van der Waals surface area contributed by atoms with Gasteiger partial charge in [-0.05, 0) is 36.8 Å². The van der Waals surface area contributed by atoms with Crippen LogP contribution in [-0.4, -0.2) is 17.1 Å². The van der Waals surface area contributed by atoms with Crippen LogP contribution in [0.15, 0.2) is 54.6 Å². The second-order valence-corrected chi connectivity index (χ2v) is 5.52. The summed E-state index contributed by atoms with van der Waals surface area (Å²) in [7, 11) is 1.63. The first-order valence-corrected chi connectivity index (χ1v) is 7.88. The van der Waals surface area contributed by atoms with Gasteiger partial charge < -0.3 is 15.4 Å². The molecule has 0 amide bonds. The Kier molecular flexibility index (Phi) is 5.09. The van der Waals surface area contributed by atoms with E-state index in [0.29, 0.717) is 18.3 Å². The molecule has 2 aromatic carbocycles. The van der Waals surface area contributed by atoms with Crippen LogP contribution in [0.1, 0.15) is 11.3 Å². The third-order valence-electron chi connectivity index (χ3n) is 3.59. The Morgan fingerprint density at radius 3 is 2.56 bits per heavy atom. The van der Waals surface area contributed by atoms with Crippen molar-refractivity contribution in [3.8, 4) is 5.75 Å². The molecule has 0 aliphatic carbocycles. The summed E-state index contributed by atoms with van der Waals surface area (Å²) in [6.07, 6.45) is 0. The molecule has 0 spiro atoms. The average Bonchev–Trinajstić information content (AvgIpc) is 2.61. The summed E-state index contributed by atoms with van der Waals surface area (Å²) in [5.41, 5.74) is 2.60. The number of halogens is 1. The van der Waals surface area contributed by atoms with E-state index in [4.69, 9.17) is 4.74 Å². The monoisotopic (exact) mass is 338 g/mol. The molecule has 1 heterocycles. The van der Waals surface area contributed by atoms with Gasteiger partial charge in [-0.15, -0.1) is 0 Å². The van der Waals surface area contributed by atoms with Crippen molar-refractivity contribution in [2.75, 3.05) is 17.7 Å². The molecule has 2 N–H and O–H groups in total. The van der Waals surface area contributed by atoms with Gasteiger partial charge in [-0.2, -0.15) is 4.98 Å². The van der Waals surface area contributed by atoms with Crippen LogP contribution in [0.2, 0.25) is 0 Å². The lowest BCUT2D eigenvalue weighted by Crippen LogP contribution is -2.06. The van der Waals surface area contributed by atoms with Crippen molar-refractivity contribution in [1.29, 1.82) is 0 Å². The first-order valence-electron chi connectivity index (χ1n) is 7.88. The second-order valence-electron chi connectivity index (χ2n) is 5.52. The Morgan fingerprint density at radius 1 is 1.04 bits per heavy atom. The number of anilines is 3. The Morgan fingerprint density at radius 2 is 1.80 bits per heavy atom. The van der Waals surface area contributed by atoms with Crippen molar-refractivity contribution in [1.82, 2.24) is 9.97 Å². The Labute approximate surface area is 145 Å². The topological polar surface area (TPSA) is 59.1 Å². The fourth-order valence-electron chi connectivity index (χ4n) is 2.38. The minimum absolute atomic E-state index is 0.251. The van der Waals surface area contributed by atoms with Crippen LogP contribution in [0.5, 0.6) is 5.75 Å². The zero-order valence-electron chi connectivity index (χ0n) is 14.1. The number of rotatable bonds is 6. The molecule has 0 atom stereocenters. The van der Waals surface area contributed by atoms with E-state index in [0.717, 1.165) is 22.7 Å². The van der Waals surface area contributed by atoms with Crippen molar-refractivity contribution >= 4 is 17.5 Å². The van der Waals surface area contributed by atoms with Crippen LogP contribution in [0.4, 0.5) is 21.8 Å². The number of hydrogen-bond donors (Lipinski definition) is 2. The SMILES string of the molecule is COc1ccccc1Nc1cc(C)nc(NCc2ccc(F)cc2)n1. The van der Waals surface area contributed by atoms with Crippen LogP contribution in [0.3, 0.4) is 0 Å². The summed E-state index contributed by atoms with van der Waals surface area (Å²) in [5.74, 6) is 1.65. The van der Waals surface area contributed by atoms with Gasteiger partial charge in [0.1, 0.15) is 17.4 Å². The third-order valence-corrected chi connectivity index (χ3v) is 3.59. The first kappa shape index (κ1) is 16.7. The van der Waals surface area contributed by atoms with E-state index < -0.39 is 0 Å². The molecule has 0 saturated carbocycles. The first-order chi connectivity index (χ1) is 12.1. The molecule has 5 nitrogen and oxygen atoms in total. The van der Waals surface area contributed by atoms with E-state index in [2.05, 4.69) is 20.6 Å². The van der Waals surface area contributed by atoms with Crippen molar-refractivity contribution in [3.63, 3.8) is 0 Å². The average molecular weight is 338 g/mol. The predicted octanol–water partition coefficient (Wildman–Crippen LogP) is 4.29. The van der Waals surface area contributed by atoms with Gasteiger partial charge in [0, 0.05) is 18.3 Å². The number of nitrogens with zero attached hydrogens (tertiary/aromatic N) is 2. The highest BCUT2D eigenvalue weighted by molar-refractivity contribution is 5.64. The van der Waals surface area contributed by atoms with Crippen molar-refractivity contribution < 1.29 is 9.13 Å². The van der Waals surface area contributed by atoms with Crippen LogP contribution < -0.4 is 15.4 Å². The molecule has 128 valence electrons. The molecule has 1 aromatic heterocycles. The fourth-order valence-corrected chi connectivity index (χ4v) is 2.38. The molecule has 6 heteroatoms. The molecule has 0 fully saturated rings. The number of aromatic nitrogens is 2. The van der Waals surface area contributed by atoms with Gasteiger partial charge in [0.15, 0.2) is 0 Å². The molecule has 0 aliphatic rings. The van der Waals surface area contributed by atoms with Crippen LogP contribution in [-0.2, 0) is 6.54 Å². The van der Waals surface area contributed by atoms with Gasteiger partial charge in [-0.1, -0.05) is 24.3 Å². The maximum absolute atomic E-state index is 13.0. The normalized spacial score (nSPS) is 10.4. The summed E-state index contributed by atoms with van der Waals surface area (Å²) in [6.45, 7) is 2.41. The molecular formula is C19H19FN4O. The van der Waals surface area contributed by atoms with Gasteiger partial charge in [0.05, 0.1) is 12.8 Å². The van der Waals surface area contributed by atoms with Crippen LogP contribution in [0, 0.1) is 12.7 Å². The van der Waals surface area contributed by atoms with Gasteiger partial charge in [0.2, 0.25) is 5.95 Å². The van der Waals surface area contributed by atoms with Gasteiger partial charge in [0.25, 0.3) is 0 Å². The Balaban J connectivity index is 1.75. The zero-order valence-corrected chi connectivity index (χ0v) is 14.1. The van der Waals surface area contributed by atoms with Crippen molar-refractivity contribution in [3.05, 3.63) is 71.7 Å². The van der Waals surface area contributed by atoms with E-state index >= 15 is 0 Å². The van der Waals surface area contributed by atoms with E-state index in [-0.39, 0.29) is 5.82 Å². The zero-order chi connectivity index (χ0) is 17.6. The number of para-hydroxylation sites is 2. The molecule has 0 saturated heterocycles. The number of benzene rings is 2. The molecular weight excluding hydrogens is 319 g/mol. The van der Waals surface area contributed by atoms with Gasteiger partial charge >= 0.3 is 0 Å². The van der Waals surface area contributed by atoms with Crippen LogP contribution in [0.25, 0.3) is 0 Å². The fraction of sp³-hybridized carbons (Fsp3) is 0.158. The second kappa shape index (κ2) is 7.61. The molecule has 0 radical (unpaired) electrons. The molecule has 0 bridgehead atoms. The number of methoxy groups -OCH3 is 1. The number of hydrogen-bond acceptors (Lipinski definition) is 5. The minimum atomic E-state index is -0.251. The van der Waals surface area contributed by atoms with Gasteiger partial charge in [-0.3, -0.25) is 0 Å². The van der Waals surface area contributed by atoms with Crippen molar-refractivity contribution in [2.24, 2.45) is 0 Å². The molecule has 3 rings (SSSR count). The smallest absolute Gasteiger partial charge is 0.225 e. The maximum Gasteiger partial charge on any atom is 0.225 e. The highest BCUT2D eigenvalue weighted by Crippen LogP contribution is 2.26. The lowest BCUT2D eigenvalue weighted by atomic mass is 10.2. The summed E-state index contributed by atoms with van der Waals surface area (Å²) in [6, 6.07) is 15.8. The van der Waals surface area contributed by atoms with Crippen molar-refractivity contribution in [2.45, 2.75) is 13.5 Å². The summed E-state index contributed by atoms with van der Waals surface area (Å²) in [5, 5.41) is 6.40. The summed E-state index contributed by atoms with van der Waals surface area (Å²) in [4.78, 5) is 8.86. The Hall–Kier alpha value is -3.15.